The Labute approximate surface area is 110 Å². The van der Waals surface area contributed by atoms with Crippen LogP contribution in [0.4, 0.5) is 0 Å². The van der Waals surface area contributed by atoms with E-state index in [1.807, 2.05) is 18.7 Å². The van der Waals surface area contributed by atoms with E-state index in [4.69, 9.17) is 9.05 Å². The molecule has 0 heterocycles. The van der Waals surface area contributed by atoms with Crippen molar-refractivity contribution in [2.24, 2.45) is 0 Å². The molecule has 0 atom stereocenters. The summed E-state index contributed by atoms with van der Waals surface area (Å²) in [5, 5.41) is 9.63. The summed E-state index contributed by atoms with van der Waals surface area (Å²) in [6.45, 7) is 11.0. The van der Waals surface area contributed by atoms with E-state index < -0.39 is 7.60 Å². The lowest BCUT2D eigenvalue weighted by Crippen LogP contribution is -2.23. The SMILES string of the molecule is CCOP(=O)(OCC)/C(C)=C(\C#N)N(CC)CC. The van der Waals surface area contributed by atoms with Crippen molar-refractivity contribution in [3.05, 3.63) is 11.0 Å². The first-order valence-corrected chi connectivity index (χ1v) is 7.80. The van der Waals surface area contributed by atoms with Crippen LogP contribution >= 0.6 is 7.60 Å². The molecule has 18 heavy (non-hydrogen) atoms. The fraction of sp³-hybridized carbons (Fsp3) is 0.750. The van der Waals surface area contributed by atoms with Gasteiger partial charge in [-0.3, -0.25) is 4.57 Å². The average Bonchev–Trinajstić information content (AvgIpc) is 2.35. The molecule has 0 bridgehead atoms. The summed E-state index contributed by atoms with van der Waals surface area (Å²) in [5.41, 5.74) is 0.380. The Kier molecular flexibility index (Phi) is 7.93. The van der Waals surface area contributed by atoms with E-state index in [2.05, 4.69) is 6.07 Å². The molecule has 0 aliphatic carbocycles. The average molecular weight is 274 g/mol. The summed E-state index contributed by atoms with van der Waals surface area (Å²) in [7, 11) is -3.35. The minimum Gasteiger partial charge on any atom is -0.363 e. The molecule has 0 aromatic carbocycles. The standard InChI is InChI=1S/C12H23N2O3P/c1-6-14(7-2)12(10-13)11(5)18(15,16-8-3)17-9-4/h6-9H2,1-5H3/b12-11+. The molecule has 6 heteroatoms. The van der Waals surface area contributed by atoms with Crippen LogP contribution in [0.15, 0.2) is 11.0 Å². The van der Waals surface area contributed by atoms with E-state index in [9.17, 15) is 9.83 Å². The maximum absolute atomic E-state index is 12.6. The quantitative estimate of drug-likeness (QED) is 0.501. The molecule has 0 rings (SSSR count). The van der Waals surface area contributed by atoms with E-state index in [-0.39, 0.29) is 13.2 Å². The van der Waals surface area contributed by atoms with Crippen molar-refractivity contribution in [3.8, 4) is 6.07 Å². The molecule has 0 unspecified atom stereocenters. The maximum atomic E-state index is 12.6. The Morgan fingerprint density at radius 2 is 1.61 bits per heavy atom. The van der Waals surface area contributed by atoms with Gasteiger partial charge < -0.3 is 13.9 Å². The van der Waals surface area contributed by atoms with Gasteiger partial charge in [0.05, 0.1) is 18.5 Å². The van der Waals surface area contributed by atoms with Gasteiger partial charge in [-0.05, 0) is 34.6 Å². The van der Waals surface area contributed by atoms with Crippen LogP contribution in [-0.4, -0.2) is 31.2 Å². The second kappa shape index (κ2) is 8.31. The van der Waals surface area contributed by atoms with Crippen molar-refractivity contribution in [2.75, 3.05) is 26.3 Å². The summed E-state index contributed by atoms with van der Waals surface area (Å²) >= 11 is 0. The molecule has 0 amide bonds. The van der Waals surface area contributed by atoms with Gasteiger partial charge in [0.25, 0.3) is 0 Å². The first-order valence-electron chi connectivity index (χ1n) is 6.26. The number of nitrogens with zero attached hydrogens (tertiary/aromatic N) is 2. The summed E-state index contributed by atoms with van der Waals surface area (Å²) in [6.07, 6.45) is 0. The van der Waals surface area contributed by atoms with Gasteiger partial charge in [0.2, 0.25) is 0 Å². The number of nitriles is 1. The van der Waals surface area contributed by atoms with Crippen LogP contribution in [0.5, 0.6) is 0 Å². The molecule has 0 saturated heterocycles. The number of allylic oxidation sites excluding steroid dienone is 2. The molecule has 104 valence electrons. The lowest BCUT2D eigenvalue weighted by Gasteiger charge is -2.25. The third kappa shape index (κ3) is 4.13. The summed E-state index contributed by atoms with van der Waals surface area (Å²) in [5.74, 6) is 0. The molecule has 0 aliphatic heterocycles. The van der Waals surface area contributed by atoms with E-state index in [0.717, 1.165) is 0 Å². The lowest BCUT2D eigenvalue weighted by atomic mass is 10.3. The van der Waals surface area contributed by atoms with Crippen LogP contribution < -0.4 is 0 Å². The highest BCUT2D eigenvalue weighted by molar-refractivity contribution is 7.58. The molecule has 0 aromatic heterocycles. The van der Waals surface area contributed by atoms with Crippen molar-refractivity contribution in [2.45, 2.75) is 34.6 Å². The first kappa shape index (κ1) is 17.2. The van der Waals surface area contributed by atoms with Crippen molar-refractivity contribution < 1.29 is 13.6 Å². The predicted octanol–water partition coefficient (Wildman–Crippen LogP) is 3.35. The third-order valence-electron chi connectivity index (χ3n) is 2.54. The molecule has 0 N–H and O–H groups in total. The smallest absolute Gasteiger partial charge is 0.359 e. The van der Waals surface area contributed by atoms with Crippen LogP contribution in [0.25, 0.3) is 0 Å². The van der Waals surface area contributed by atoms with Crippen LogP contribution in [0.3, 0.4) is 0 Å². The molecule has 0 saturated carbocycles. The van der Waals surface area contributed by atoms with Gasteiger partial charge in [0, 0.05) is 13.1 Å². The van der Waals surface area contributed by atoms with Gasteiger partial charge in [-0.2, -0.15) is 5.26 Å². The highest BCUT2D eigenvalue weighted by atomic mass is 31.2. The van der Waals surface area contributed by atoms with Gasteiger partial charge >= 0.3 is 7.60 Å². The molecular weight excluding hydrogens is 251 g/mol. The number of hydrogen-bond donors (Lipinski definition) is 0. The van der Waals surface area contributed by atoms with Gasteiger partial charge in [0.1, 0.15) is 11.8 Å². The fourth-order valence-electron chi connectivity index (χ4n) is 1.62. The maximum Gasteiger partial charge on any atom is 0.359 e. The highest BCUT2D eigenvalue weighted by Crippen LogP contribution is 2.57. The van der Waals surface area contributed by atoms with Crippen molar-refractivity contribution >= 4 is 7.60 Å². The number of hydrogen-bond acceptors (Lipinski definition) is 5. The first-order chi connectivity index (χ1) is 8.50. The Balaban J connectivity index is 5.54. The van der Waals surface area contributed by atoms with Crippen LogP contribution in [0, 0.1) is 11.3 Å². The van der Waals surface area contributed by atoms with E-state index >= 15 is 0 Å². The summed E-state index contributed by atoms with van der Waals surface area (Å²) < 4.78 is 23.1. The second-order valence-corrected chi connectivity index (χ2v) is 5.73. The van der Waals surface area contributed by atoms with Crippen molar-refractivity contribution in [3.63, 3.8) is 0 Å². The molecule has 0 aliphatic rings. The molecular formula is C12H23N2O3P. The van der Waals surface area contributed by atoms with E-state index in [0.29, 0.717) is 24.1 Å². The van der Waals surface area contributed by atoms with E-state index in [1.54, 1.807) is 20.8 Å². The van der Waals surface area contributed by atoms with Crippen LogP contribution in [0.1, 0.15) is 34.6 Å². The second-order valence-electron chi connectivity index (χ2n) is 3.55. The minimum absolute atomic E-state index is 0.283. The van der Waals surface area contributed by atoms with Crippen molar-refractivity contribution in [1.29, 1.82) is 5.26 Å². The Morgan fingerprint density at radius 3 is 1.89 bits per heavy atom. The third-order valence-corrected chi connectivity index (χ3v) is 4.77. The van der Waals surface area contributed by atoms with Gasteiger partial charge in [-0.25, -0.2) is 0 Å². The predicted molar refractivity (Wildman–Crippen MR) is 72.1 cm³/mol. The Bertz CT molecular complexity index is 360. The van der Waals surface area contributed by atoms with Crippen LogP contribution in [-0.2, 0) is 13.6 Å². The molecule has 0 aromatic rings. The summed E-state index contributed by atoms with van der Waals surface area (Å²) in [6, 6.07) is 2.10. The monoisotopic (exact) mass is 274 g/mol. The molecule has 0 fully saturated rings. The molecule has 0 spiro atoms. The van der Waals surface area contributed by atoms with E-state index in [1.165, 1.54) is 0 Å². The normalized spacial score (nSPS) is 12.9. The zero-order valence-electron chi connectivity index (χ0n) is 11.9. The zero-order valence-corrected chi connectivity index (χ0v) is 12.8. The van der Waals surface area contributed by atoms with Crippen molar-refractivity contribution in [1.82, 2.24) is 4.90 Å². The number of rotatable bonds is 8. The minimum atomic E-state index is -3.35. The summed E-state index contributed by atoms with van der Waals surface area (Å²) in [4.78, 5) is 1.85. The fourth-order valence-corrected chi connectivity index (χ4v) is 3.21. The van der Waals surface area contributed by atoms with Gasteiger partial charge in [0.15, 0.2) is 0 Å². The van der Waals surface area contributed by atoms with Gasteiger partial charge in [-0.1, -0.05) is 0 Å². The largest absolute Gasteiger partial charge is 0.363 e. The Hall–Kier alpha value is -0.820. The highest BCUT2D eigenvalue weighted by Gasteiger charge is 2.30. The molecule has 0 radical (unpaired) electrons. The topological polar surface area (TPSA) is 62.6 Å². The zero-order chi connectivity index (χ0) is 14.2. The lowest BCUT2D eigenvalue weighted by molar-refractivity contribution is 0.225. The Morgan fingerprint density at radius 1 is 1.17 bits per heavy atom. The van der Waals surface area contributed by atoms with Gasteiger partial charge in [-0.15, -0.1) is 0 Å². The molecule has 5 nitrogen and oxygen atoms in total. The van der Waals surface area contributed by atoms with Crippen LogP contribution in [0.2, 0.25) is 0 Å².